The van der Waals surface area contributed by atoms with Gasteiger partial charge in [-0.2, -0.15) is 9.78 Å². The summed E-state index contributed by atoms with van der Waals surface area (Å²) in [6.07, 6.45) is 3.26. The van der Waals surface area contributed by atoms with Gasteiger partial charge in [-0.25, -0.2) is 0 Å². The molecule has 0 aliphatic heterocycles. The molecule has 124 valence electrons. The van der Waals surface area contributed by atoms with Gasteiger partial charge in [0.1, 0.15) is 5.76 Å². The highest BCUT2D eigenvalue weighted by Crippen LogP contribution is 2.27. The Hall–Kier alpha value is -2.39. The summed E-state index contributed by atoms with van der Waals surface area (Å²) in [6, 6.07) is 5.74. The van der Waals surface area contributed by atoms with Crippen LogP contribution in [-0.2, 0) is 4.79 Å². The van der Waals surface area contributed by atoms with Crippen molar-refractivity contribution in [3.63, 3.8) is 0 Å². The maximum atomic E-state index is 10.7. The van der Waals surface area contributed by atoms with Gasteiger partial charge >= 0.3 is 0 Å². The number of furan rings is 1. The first-order valence-electron chi connectivity index (χ1n) is 6.98. The van der Waals surface area contributed by atoms with Crippen molar-refractivity contribution >= 4 is 35.3 Å². The van der Waals surface area contributed by atoms with Gasteiger partial charge < -0.3 is 14.3 Å². The van der Waals surface area contributed by atoms with Crippen molar-refractivity contribution in [1.82, 2.24) is 14.9 Å². The molecule has 0 aliphatic carbocycles. The largest absolute Gasteiger partial charge is 0.549 e. The lowest BCUT2D eigenvalue weighted by Crippen LogP contribution is -2.24. The summed E-state index contributed by atoms with van der Waals surface area (Å²) in [6.45, 7) is 3.83. The van der Waals surface area contributed by atoms with Crippen molar-refractivity contribution in [1.29, 1.82) is 0 Å². The standard InChI is InChI=1S/C15H14N4O3S2/c1-9-3-4-11(24-9)7-16-19-14(12-5-6-22-10(12)2)17-18-15(19)23-8-13(20)21/h3-7H,8H2,1-2H3,(H,20,21)/p-1/b16-7-. The van der Waals surface area contributed by atoms with Gasteiger partial charge in [0, 0.05) is 15.5 Å². The number of carboxylic acids is 1. The smallest absolute Gasteiger partial charge is 0.212 e. The van der Waals surface area contributed by atoms with Gasteiger partial charge in [0.2, 0.25) is 5.16 Å². The van der Waals surface area contributed by atoms with E-state index in [4.69, 9.17) is 4.42 Å². The average molecular weight is 361 g/mol. The van der Waals surface area contributed by atoms with Crippen LogP contribution in [0.5, 0.6) is 0 Å². The molecule has 3 rings (SSSR count). The summed E-state index contributed by atoms with van der Waals surface area (Å²) in [5.41, 5.74) is 0.752. The van der Waals surface area contributed by atoms with E-state index in [1.165, 1.54) is 9.55 Å². The highest BCUT2D eigenvalue weighted by molar-refractivity contribution is 7.99. The summed E-state index contributed by atoms with van der Waals surface area (Å²) in [5.74, 6) is -0.224. The van der Waals surface area contributed by atoms with Crippen molar-refractivity contribution < 1.29 is 14.3 Å². The summed E-state index contributed by atoms with van der Waals surface area (Å²) in [4.78, 5) is 12.9. The average Bonchev–Trinajstić information content (AvgIpc) is 3.23. The molecular weight excluding hydrogens is 348 g/mol. The van der Waals surface area contributed by atoms with E-state index < -0.39 is 5.97 Å². The van der Waals surface area contributed by atoms with Crippen LogP contribution in [-0.4, -0.2) is 32.8 Å². The van der Waals surface area contributed by atoms with Crippen molar-refractivity contribution in [2.45, 2.75) is 19.0 Å². The van der Waals surface area contributed by atoms with Crippen molar-refractivity contribution in [2.75, 3.05) is 5.75 Å². The van der Waals surface area contributed by atoms with E-state index in [0.29, 0.717) is 16.7 Å². The minimum atomic E-state index is -1.17. The minimum absolute atomic E-state index is 0.226. The quantitative estimate of drug-likeness (QED) is 0.492. The fourth-order valence-corrected chi connectivity index (χ4v) is 3.35. The van der Waals surface area contributed by atoms with Gasteiger partial charge in [0.05, 0.1) is 24.0 Å². The van der Waals surface area contributed by atoms with Gasteiger partial charge in [-0.1, -0.05) is 11.8 Å². The van der Waals surface area contributed by atoms with E-state index in [1.54, 1.807) is 29.9 Å². The second-order valence-corrected chi connectivity index (χ2v) is 7.12. The first-order valence-corrected chi connectivity index (χ1v) is 8.78. The van der Waals surface area contributed by atoms with Crippen LogP contribution in [0.25, 0.3) is 11.4 Å². The molecule has 0 N–H and O–H groups in total. The molecule has 0 aliphatic rings. The fraction of sp³-hybridized carbons (Fsp3) is 0.200. The van der Waals surface area contributed by atoms with Crippen LogP contribution in [0.2, 0.25) is 0 Å². The van der Waals surface area contributed by atoms with Crippen LogP contribution in [0.3, 0.4) is 0 Å². The number of hydrogen-bond acceptors (Lipinski definition) is 8. The molecule has 3 aromatic rings. The maximum Gasteiger partial charge on any atom is 0.212 e. The molecule has 0 bridgehead atoms. The zero-order valence-corrected chi connectivity index (χ0v) is 14.6. The molecule has 24 heavy (non-hydrogen) atoms. The van der Waals surface area contributed by atoms with Crippen molar-refractivity contribution in [3.8, 4) is 11.4 Å². The number of thiophene rings is 1. The highest BCUT2D eigenvalue weighted by atomic mass is 32.2. The number of aromatic nitrogens is 3. The van der Waals surface area contributed by atoms with Gasteiger partial charge in [-0.15, -0.1) is 21.5 Å². The van der Waals surface area contributed by atoms with Gasteiger partial charge in [-0.3, -0.25) is 0 Å². The van der Waals surface area contributed by atoms with E-state index in [2.05, 4.69) is 15.3 Å². The predicted octanol–water partition coefficient (Wildman–Crippen LogP) is 1.94. The Kier molecular flexibility index (Phi) is 4.81. The summed E-state index contributed by atoms with van der Waals surface area (Å²) >= 11 is 2.61. The molecule has 0 fully saturated rings. The predicted molar refractivity (Wildman–Crippen MR) is 90.2 cm³/mol. The SMILES string of the molecule is Cc1ccc(/C=N\n2c(SCC(=O)[O-])nnc2-c2ccoc2C)s1. The van der Waals surface area contributed by atoms with Crippen molar-refractivity contribution in [3.05, 3.63) is 40.0 Å². The van der Waals surface area contributed by atoms with Crippen molar-refractivity contribution in [2.24, 2.45) is 5.10 Å². The summed E-state index contributed by atoms with van der Waals surface area (Å²) < 4.78 is 6.82. The second-order valence-electron chi connectivity index (χ2n) is 4.86. The molecule has 7 nitrogen and oxygen atoms in total. The Morgan fingerprint density at radius 1 is 1.42 bits per heavy atom. The number of carboxylic acid groups (broad SMARTS) is 1. The number of carbonyl (C=O) groups excluding carboxylic acids is 1. The van der Waals surface area contributed by atoms with Crippen LogP contribution in [0.15, 0.2) is 39.1 Å². The third-order valence-electron chi connectivity index (χ3n) is 3.09. The number of hydrogen-bond donors (Lipinski definition) is 0. The van der Waals surface area contributed by atoms with Gasteiger partial charge in [-0.05, 0) is 32.0 Å². The minimum Gasteiger partial charge on any atom is -0.549 e. The number of rotatable bonds is 6. The molecule has 3 heterocycles. The monoisotopic (exact) mass is 361 g/mol. The Labute approximate surface area is 146 Å². The third-order valence-corrected chi connectivity index (χ3v) is 4.92. The third kappa shape index (κ3) is 3.57. The number of thioether (sulfide) groups is 1. The van der Waals surface area contributed by atoms with E-state index in [1.807, 2.05) is 26.0 Å². The number of aryl methyl sites for hydroxylation is 2. The lowest BCUT2D eigenvalue weighted by atomic mass is 10.2. The molecular formula is C15H13N4O3S2-. The first-order chi connectivity index (χ1) is 11.5. The summed E-state index contributed by atoms with van der Waals surface area (Å²) in [7, 11) is 0. The van der Waals surface area contributed by atoms with Crippen LogP contribution < -0.4 is 5.11 Å². The molecule has 0 atom stereocenters. The number of nitrogens with zero attached hydrogens (tertiary/aromatic N) is 4. The first kappa shape index (κ1) is 16.5. The molecule has 0 saturated heterocycles. The molecule has 3 aromatic heterocycles. The number of aliphatic carboxylic acids is 1. The lowest BCUT2D eigenvalue weighted by Gasteiger charge is -2.04. The van der Waals surface area contributed by atoms with E-state index >= 15 is 0 Å². The van der Waals surface area contributed by atoms with Crippen LogP contribution in [0.4, 0.5) is 0 Å². The topological polar surface area (TPSA) is 96.3 Å². The van der Waals surface area contributed by atoms with Crippen LogP contribution in [0.1, 0.15) is 15.5 Å². The molecule has 0 saturated carbocycles. The lowest BCUT2D eigenvalue weighted by molar-refractivity contribution is -0.301. The Bertz CT molecular complexity index is 894. The molecule has 0 spiro atoms. The van der Waals surface area contributed by atoms with Gasteiger partial charge in [0.15, 0.2) is 5.82 Å². The Morgan fingerprint density at radius 3 is 2.88 bits per heavy atom. The van der Waals surface area contributed by atoms with Crippen LogP contribution in [0, 0.1) is 13.8 Å². The Morgan fingerprint density at radius 2 is 2.25 bits per heavy atom. The fourth-order valence-electron chi connectivity index (χ4n) is 2.01. The normalized spacial score (nSPS) is 11.4. The van der Waals surface area contributed by atoms with E-state index in [-0.39, 0.29) is 5.75 Å². The second kappa shape index (κ2) is 7.02. The van der Waals surface area contributed by atoms with Crippen LogP contribution >= 0.6 is 23.1 Å². The Balaban J connectivity index is 1.99. The maximum absolute atomic E-state index is 10.7. The number of carbonyl (C=O) groups is 1. The summed E-state index contributed by atoms with van der Waals surface area (Å²) in [5, 5.41) is 23.7. The molecule has 0 unspecified atom stereocenters. The highest BCUT2D eigenvalue weighted by Gasteiger charge is 2.17. The zero-order chi connectivity index (χ0) is 17.1. The molecule has 0 radical (unpaired) electrons. The molecule has 0 amide bonds. The molecule has 0 aromatic carbocycles. The van der Waals surface area contributed by atoms with E-state index in [9.17, 15) is 9.90 Å². The van der Waals surface area contributed by atoms with E-state index in [0.717, 1.165) is 22.2 Å². The molecule has 9 heteroatoms. The van der Waals surface area contributed by atoms with Gasteiger partial charge in [0.25, 0.3) is 0 Å². The zero-order valence-electron chi connectivity index (χ0n) is 12.9.